The lowest BCUT2D eigenvalue weighted by atomic mass is 10.2. The van der Waals surface area contributed by atoms with Gasteiger partial charge in [-0.05, 0) is 46.3 Å². The summed E-state index contributed by atoms with van der Waals surface area (Å²) in [5, 5.41) is 13.4. The Labute approximate surface area is 176 Å². The SMILES string of the molecule is Clc1ccc(-c2nnnn2-c2cc(OCc3ccccc3)c(Cl)cc2Cl)cc1. The second kappa shape index (κ2) is 8.19. The largest absolute Gasteiger partial charge is 0.487 e. The summed E-state index contributed by atoms with van der Waals surface area (Å²) < 4.78 is 7.43. The molecule has 0 saturated heterocycles. The standard InChI is InChI=1S/C20H13Cl3N4O/c21-15-8-6-14(7-9-15)20-24-25-26-27(20)18-11-19(17(23)10-16(18)22)28-12-13-4-2-1-3-5-13/h1-11H,12H2. The average Bonchev–Trinajstić information content (AvgIpc) is 3.18. The Morgan fingerprint density at radius 3 is 2.36 bits per heavy atom. The second-order valence-corrected chi connectivity index (χ2v) is 7.18. The lowest BCUT2D eigenvalue weighted by Crippen LogP contribution is -2.03. The van der Waals surface area contributed by atoms with Crippen LogP contribution in [0.5, 0.6) is 5.75 Å². The van der Waals surface area contributed by atoms with Crippen molar-refractivity contribution in [3.63, 3.8) is 0 Å². The Morgan fingerprint density at radius 2 is 1.61 bits per heavy atom. The van der Waals surface area contributed by atoms with Crippen molar-refractivity contribution in [3.05, 3.63) is 87.4 Å². The molecule has 0 aliphatic carbocycles. The fraction of sp³-hybridized carbons (Fsp3) is 0.0500. The molecule has 1 heterocycles. The molecule has 4 rings (SSSR count). The molecule has 0 spiro atoms. The fourth-order valence-corrected chi connectivity index (χ4v) is 3.30. The minimum atomic E-state index is 0.376. The molecular weight excluding hydrogens is 419 g/mol. The van der Waals surface area contributed by atoms with E-state index in [1.54, 1.807) is 24.3 Å². The van der Waals surface area contributed by atoms with Gasteiger partial charge in [0.15, 0.2) is 5.82 Å². The fourth-order valence-electron chi connectivity index (χ4n) is 2.65. The van der Waals surface area contributed by atoms with E-state index >= 15 is 0 Å². The lowest BCUT2D eigenvalue weighted by Gasteiger charge is -2.12. The van der Waals surface area contributed by atoms with Gasteiger partial charge in [-0.2, -0.15) is 4.68 Å². The molecule has 0 bridgehead atoms. The number of tetrazole rings is 1. The Morgan fingerprint density at radius 1 is 0.857 bits per heavy atom. The molecule has 0 aliphatic heterocycles. The number of rotatable bonds is 5. The average molecular weight is 432 g/mol. The van der Waals surface area contributed by atoms with Crippen LogP contribution in [0.2, 0.25) is 15.1 Å². The van der Waals surface area contributed by atoms with Crippen LogP contribution >= 0.6 is 34.8 Å². The summed E-state index contributed by atoms with van der Waals surface area (Å²) in [6.45, 7) is 0.376. The molecule has 0 radical (unpaired) electrons. The number of halogens is 3. The van der Waals surface area contributed by atoms with Crippen LogP contribution in [-0.4, -0.2) is 20.2 Å². The van der Waals surface area contributed by atoms with Crippen LogP contribution in [0.4, 0.5) is 0 Å². The summed E-state index contributed by atoms with van der Waals surface area (Å²) in [7, 11) is 0. The summed E-state index contributed by atoms with van der Waals surface area (Å²) in [6.07, 6.45) is 0. The zero-order chi connectivity index (χ0) is 19.5. The maximum atomic E-state index is 6.42. The van der Waals surface area contributed by atoms with E-state index < -0.39 is 0 Å². The molecule has 0 amide bonds. The molecule has 0 fully saturated rings. The lowest BCUT2D eigenvalue weighted by molar-refractivity contribution is 0.306. The molecule has 28 heavy (non-hydrogen) atoms. The van der Waals surface area contributed by atoms with E-state index in [0.29, 0.717) is 38.9 Å². The van der Waals surface area contributed by atoms with E-state index in [4.69, 9.17) is 39.5 Å². The van der Waals surface area contributed by atoms with Gasteiger partial charge >= 0.3 is 0 Å². The maximum Gasteiger partial charge on any atom is 0.187 e. The highest BCUT2D eigenvalue weighted by Crippen LogP contribution is 2.35. The highest BCUT2D eigenvalue weighted by atomic mass is 35.5. The molecule has 5 nitrogen and oxygen atoms in total. The second-order valence-electron chi connectivity index (χ2n) is 5.93. The Balaban J connectivity index is 1.69. The number of ether oxygens (including phenoxy) is 1. The topological polar surface area (TPSA) is 52.8 Å². The quantitative estimate of drug-likeness (QED) is 0.396. The van der Waals surface area contributed by atoms with Gasteiger partial charge in [0.25, 0.3) is 0 Å². The van der Waals surface area contributed by atoms with Gasteiger partial charge in [-0.3, -0.25) is 0 Å². The van der Waals surface area contributed by atoms with Gasteiger partial charge in [0.05, 0.1) is 15.7 Å². The Hall–Kier alpha value is -2.60. The minimum absolute atomic E-state index is 0.376. The molecule has 140 valence electrons. The summed E-state index contributed by atoms with van der Waals surface area (Å²) in [5.41, 5.74) is 2.38. The van der Waals surface area contributed by atoms with Crippen molar-refractivity contribution in [1.82, 2.24) is 20.2 Å². The van der Waals surface area contributed by atoms with Gasteiger partial charge < -0.3 is 4.74 Å². The number of hydrogen-bond acceptors (Lipinski definition) is 4. The predicted molar refractivity (Wildman–Crippen MR) is 110 cm³/mol. The predicted octanol–water partition coefficient (Wildman–Crippen LogP) is 5.87. The van der Waals surface area contributed by atoms with Gasteiger partial charge in [-0.25, -0.2) is 0 Å². The monoisotopic (exact) mass is 430 g/mol. The zero-order valence-corrected chi connectivity index (χ0v) is 16.7. The molecule has 4 aromatic rings. The first-order valence-corrected chi connectivity index (χ1v) is 9.45. The Bertz CT molecular complexity index is 1100. The molecule has 0 N–H and O–H groups in total. The molecule has 0 saturated carbocycles. The maximum absolute atomic E-state index is 6.42. The number of hydrogen-bond donors (Lipinski definition) is 0. The van der Waals surface area contributed by atoms with Gasteiger partial charge in [0.1, 0.15) is 12.4 Å². The minimum Gasteiger partial charge on any atom is -0.487 e. The van der Waals surface area contributed by atoms with Gasteiger partial charge in [-0.15, -0.1) is 5.10 Å². The first-order valence-electron chi connectivity index (χ1n) is 8.32. The van der Waals surface area contributed by atoms with Crippen LogP contribution in [-0.2, 0) is 6.61 Å². The van der Waals surface area contributed by atoms with Gasteiger partial charge in [0, 0.05) is 16.7 Å². The third-order valence-electron chi connectivity index (χ3n) is 4.04. The van der Waals surface area contributed by atoms with Crippen molar-refractivity contribution in [2.75, 3.05) is 0 Å². The number of aromatic nitrogens is 4. The van der Waals surface area contributed by atoms with Crippen LogP contribution in [0.1, 0.15) is 5.56 Å². The molecule has 0 atom stereocenters. The molecule has 0 aliphatic rings. The summed E-state index contributed by atoms with van der Waals surface area (Å²) in [6, 6.07) is 20.4. The third kappa shape index (κ3) is 3.97. The van der Waals surface area contributed by atoms with E-state index in [9.17, 15) is 0 Å². The van der Waals surface area contributed by atoms with E-state index in [0.717, 1.165) is 11.1 Å². The molecular formula is C20H13Cl3N4O. The highest BCUT2D eigenvalue weighted by Gasteiger charge is 2.16. The van der Waals surface area contributed by atoms with Crippen molar-refractivity contribution in [1.29, 1.82) is 0 Å². The highest BCUT2D eigenvalue weighted by molar-refractivity contribution is 6.36. The first kappa shape index (κ1) is 18.7. The summed E-state index contributed by atoms with van der Waals surface area (Å²) in [4.78, 5) is 0. The Kier molecular flexibility index (Phi) is 5.48. The number of nitrogens with zero attached hydrogens (tertiary/aromatic N) is 4. The van der Waals surface area contributed by atoms with Gasteiger partial charge in [-0.1, -0.05) is 65.1 Å². The third-order valence-corrected chi connectivity index (χ3v) is 4.89. The van der Waals surface area contributed by atoms with E-state index in [2.05, 4.69) is 15.5 Å². The van der Waals surface area contributed by atoms with Crippen LogP contribution in [0.15, 0.2) is 66.7 Å². The molecule has 1 aromatic heterocycles. The van der Waals surface area contributed by atoms with E-state index in [-0.39, 0.29) is 0 Å². The van der Waals surface area contributed by atoms with Crippen LogP contribution in [0.3, 0.4) is 0 Å². The summed E-state index contributed by atoms with van der Waals surface area (Å²) in [5.74, 6) is 1.01. The van der Waals surface area contributed by atoms with Crippen LogP contribution < -0.4 is 4.74 Å². The van der Waals surface area contributed by atoms with Crippen molar-refractivity contribution in [2.24, 2.45) is 0 Å². The van der Waals surface area contributed by atoms with Crippen molar-refractivity contribution in [3.8, 4) is 22.8 Å². The van der Waals surface area contributed by atoms with Crippen molar-refractivity contribution < 1.29 is 4.74 Å². The normalized spacial score (nSPS) is 10.8. The molecule has 3 aromatic carbocycles. The molecule has 8 heteroatoms. The van der Waals surface area contributed by atoms with E-state index in [1.165, 1.54) is 4.68 Å². The first-order chi connectivity index (χ1) is 13.6. The van der Waals surface area contributed by atoms with Gasteiger partial charge in [0.2, 0.25) is 0 Å². The van der Waals surface area contributed by atoms with Crippen molar-refractivity contribution in [2.45, 2.75) is 6.61 Å². The van der Waals surface area contributed by atoms with Crippen LogP contribution in [0.25, 0.3) is 17.1 Å². The zero-order valence-electron chi connectivity index (χ0n) is 14.4. The van der Waals surface area contributed by atoms with Crippen LogP contribution in [0, 0.1) is 0 Å². The van der Waals surface area contributed by atoms with E-state index in [1.807, 2.05) is 42.5 Å². The van der Waals surface area contributed by atoms with Crippen molar-refractivity contribution >= 4 is 34.8 Å². The number of benzene rings is 3. The smallest absolute Gasteiger partial charge is 0.187 e. The summed E-state index contributed by atoms with van der Waals surface area (Å²) >= 11 is 18.7. The molecule has 0 unspecified atom stereocenters.